The normalized spacial score (nSPS) is 10.1. The summed E-state index contributed by atoms with van der Waals surface area (Å²) in [4.78, 5) is 12.5. The van der Waals surface area contributed by atoms with E-state index in [0.29, 0.717) is 10.0 Å². The van der Waals surface area contributed by atoms with Crippen molar-refractivity contribution < 1.29 is 9.90 Å². The average Bonchev–Trinajstić information content (AvgIpc) is 2.07. The maximum atomic E-state index is 10.6. The van der Waals surface area contributed by atoms with Gasteiger partial charge in [-0.2, -0.15) is 0 Å². The van der Waals surface area contributed by atoms with Crippen molar-refractivity contribution in [2.24, 2.45) is 0 Å². The Morgan fingerprint density at radius 1 is 1.45 bits per heavy atom. The van der Waals surface area contributed by atoms with Crippen LogP contribution in [-0.4, -0.2) is 11.1 Å². The van der Waals surface area contributed by atoms with Gasteiger partial charge in [0.25, 0.3) is 0 Å². The molecule has 1 heterocycles. The highest BCUT2D eigenvalue weighted by molar-refractivity contribution is 9.10. The van der Waals surface area contributed by atoms with Crippen molar-refractivity contribution in [2.75, 3.05) is 0 Å². The van der Waals surface area contributed by atoms with Crippen molar-refractivity contribution in [2.45, 2.75) is 13.8 Å². The largest absolute Gasteiger partial charge is 0.478 e. The van der Waals surface area contributed by atoms with Crippen LogP contribution >= 0.6 is 27.3 Å². The molecule has 0 fully saturated rings. The summed E-state index contributed by atoms with van der Waals surface area (Å²) < 4.78 is 0.715. The molecule has 1 rings (SSSR count). The molecule has 2 nitrogen and oxygen atoms in total. The summed E-state index contributed by atoms with van der Waals surface area (Å²) in [7, 11) is 0. The van der Waals surface area contributed by atoms with E-state index in [9.17, 15) is 4.79 Å². The van der Waals surface area contributed by atoms with Gasteiger partial charge in [0.15, 0.2) is 0 Å². The van der Waals surface area contributed by atoms with Crippen LogP contribution in [0.4, 0.5) is 0 Å². The van der Waals surface area contributed by atoms with E-state index >= 15 is 0 Å². The molecule has 0 bridgehead atoms. The third-order valence-electron chi connectivity index (χ3n) is 1.40. The second kappa shape index (κ2) is 2.95. The minimum atomic E-state index is -0.862. The lowest BCUT2D eigenvalue weighted by molar-refractivity contribution is 0.0696. The molecule has 1 aromatic rings. The molecule has 60 valence electrons. The molecule has 0 aliphatic rings. The Kier molecular flexibility index (Phi) is 2.34. The van der Waals surface area contributed by atoms with Gasteiger partial charge in [-0.1, -0.05) is 0 Å². The predicted octanol–water partition coefficient (Wildman–Crippen LogP) is 2.83. The fraction of sp³-hybridized carbons (Fsp3) is 0.286. The maximum Gasteiger partial charge on any atom is 0.337 e. The number of carbonyl (C=O) groups is 1. The standard InChI is InChI=1S/C7H7BrO2S/c1-3-5(7(9)10)6(8)4(2)11-3/h1-2H3,(H,9,10). The van der Waals surface area contributed by atoms with Gasteiger partial charge in [-0.25, -0.2) is 4.79 Å². The fourth-order valence-corrected chi connectivity index (χ4v) is 2.68. The molecule has 0 unspecified atom stereocenters. The van der Waals surface area contributed by atoms with Crippen LogP contribution < -0.4 is 0 Å². The van der Waals surface area contributed by atoms with E-state index in [4.69, 9.17) is 5.11 Å². The number of carboxylic acid groups (broad SMARTS) is 1. The quantitative estimate of drug-likeness (QED) is 0.812. The zero-order valence-corrected chi connectivity index (χ0v) is 8.54. The topological polar surface area (TPSA) is 37.3 Å². The average molecular weight is 235 g/mol. The van der Waals surface area contributed by atoms with Crippen LogP contribution in [0, 0.1) is 13.8 Å². The van der Waals surface area contributed by atoms with Gasteiger partial charge in [0.1, 0.15) is 0 Å². The molecule has 1 aromatic heterocycles. The van der Waals surface area contributed by atoms with E-state index in [-0.39, 0.29) is 0 Å². The zero-order valence-electron chi connectivity index (χ0n) is 6.14. The molecule has 0 aliphatic heterocycles. The third kappa shape index (κ3) is 1.46. The predicted molar refractivity (Wildman–Crippen MR) is 48.5 cm³/mol. The summed E-state index contributed by atoms with van der Waals surface area (Å²) in [6, 6.07) is 0. The van der Waals surface area contributed by atoms with E-state index in [0.717, 1.165) is 9.75 Å². The van der Waals surface area contributed by atoms with Crippen molar-refractivity contribution >= 4 is 33.2 Å². The maximum absolute atomic E-state index is 10.6. The zero-order chi connectivity index (χ0) is 8.59. The van der Waals surface area contributed by atoms with Crippen LogP contribution in [0.1, 0.15) is 20.1 Å². The Morgan fingerprint density at radius 3 is 2.18 bits per heavy atom. The lowest BCUT2D eigenvalue weighted by Crippen LogP contribution is -1.96. The fourth-order valence-electron chi connectivity index (χ4n) is 0.901. The van der Waals surface area contributed by atoms with Crippen molar-refractivity contribution in [1.29, 1.82) is 0 Å². The van der Waals surface area contributed by atoms with Gasteiger partial charge in [-0.05, 0) is 29.8 Å². The first-order valence-corrected chi connectivity index (χ1v) is 4.63. The SMILES string of the molecule is Cc1sc(C)c(C(=O)O)c1Br. The van der Waals surface area contributed by atoms with E-state index < -0.39 is 5.97 Å². The monoisotopic (exact) mass is 234 g/mol. The highest BCUT2D eigenvalue weighted by atomic mass is 79.9. The Bertz CT molecular complexity index is 304. The molecular formula is C7H7BrO2S. The second-order valence-corrected chi connectivity index (χ2v) is 4.43. The Balaban J connectivity index is 3.34. The Hall–Kier alpha value is -0.350. The lowest BCUT2D eigenvalue weighted by Gasteiger charge is -1.91. The van der Waals surface area contributed by atoms with Gasteiger partial charge >= 0.3 is 5.97 Å². The summed E-state index contributed by atoms with van der Waals surface area (Å²) in [6.07, 6.45) is 0. The summed E-state index contributed by atoms with van der Waals surface area (Å²) in [5, 5.41) is 8.74. The molecular weight excluding hydrogens is 228 g/mol. The van der Waals surface area contributed by atoms with Crippen LogP contribution in [-0.2, 0) is 0 Å². The molecule has 0 saturated carbocycles. The lowest BCUT2D eigenvalue weighted by atomic mass is 10.2. The van der Waals surface area contributed by atoms with Crippen LogP contribution in [0.2, 0.25) is 0 Å². The molecule has 0 spiro atoms. The van der Waals surface area contributed by atoms with E-state index in [1.807, 2.05) is 13.8 Å². The van der Waals surface area contributed by atoms with Crippen LogP contribution in [0.15, 0.2) is 4.47 Å². The van der Waals surface area contributed by atoms with Gasteiger partial charge in [-0.3, -0.25) is 0 Å². The highest BCUT2D eigenvalue weighted by Gasteiger charge is 2.16. The highest BCUT2D eigenvalue weighted by Crippen LogP contribution is 2.31. The van der Waals surface area contributed by atoms with E-state index in [1.54, 1.807) is 0 Å². The number of rotatable bonds is 1. The number of hydrogen-bond donors (Lipinski definition) is 1. The first-order chi connectivity index (χ1) is 5.04. The van der Waals surface area contributed by atoms with Crippen molar-refractivity contribution in [3.8, 4) is 0 Å². The first kappa shape index (κ1) is 8.74. The minimum absolute atomic E-state index is 0.396. The summed E-state index contributed by atoms with van der Waals surface area (Å²) in [6.45, 7) is 3.71. The smallest absolute Gasteiger partial charge is 0.337 e. The Morgan fingerprint density at radius 2 is 2.00 bits per heavy atom. The minimum Gasteiger partial charge on any atom is -0.478 e. The van der Waals surface area contributed by atoms with Crippen molar-refractivity contribution in [1.82, 2.24) is 0 Å². The number of carboxylic acids is 1. The third-order valence-corrected chi connectivity index (χ3v) is 3.68. The van der Waals surface area contributed by atoms with Crippen LogP contribution in [0.5, 0.6) is 0 Å². The molecule has 1 N–H and O–H groups in total. The number of aromatic carboxylic acids is 1. The van der Waals surface area contributed by atoms with Gasteiger partial charge in [0, 0.05) is 14.2 Å². The number of aryl methyl sites for hydroxylation is 2. The van der Waals surface area contributed by atoms with Gasteiger partial charge in [0.05, 0.1) is 5.56 Å². The van der Waals surface area contributed by atoms with Crippen LogP contribution in [0.25, 0.3) is 0 Å². The first-order valence-electron chi connectivity index (χ1n) is 3.02. The van der Waals surface area contributed by atoms with Crippen LogP contribution in [0.3, 0.4) is 0 Å². The van der Waals surface area contributed by atoms with Gasteiger partial charge < -0.3 is 5.11 Å². The van der Waals surface area contributed by atoms with Crippen molar-refractivity contribution in [3.05, 3.63) is 19.8 Å². The molecule has 4 heteroatoms. The molecule has 0 saturated heterocycles. The summed E-state index contributed by atoms with van der Waals surface area (Å²) in [5.41, 5.74) is 0.396. The summed E-state index contributed by atoms with van der Waals surface area (Å²) >= 11 is 4.73. The Labute approximate surface area is 77.0 Å². The number of halogens is 1. The van der Waals surface area contributed by atoms with Crippen molar-refractivity contribution in [3.63, 3.8) is 0 Å². The van der Waals surface area contributed by atoms with E-state index in [2.05, 4.69) is 15.9 Å². The molecule has 0 atom stereocenters. The second-order valence-electron chi connectivity index (χ2n) is 2.21. The van der Waals surface area contributed by atoms with E-state index in [1.165, 1.54) is 11.3 Å². The number of hydrogen-bond acceptors (Lipinski definition) is 2. The van der Waals surface area contributed by atoms with Gasteiger partial charge in [-0.15, -0.1) is 11.3 Å². The molecule has 0 amide bonds. The molecule has 11 heavy (non-hydrogen) atoms. The molecule has 0 radical (unpaired) electrons. The molecule has 0 aromatic carbocycles. The number of thiophene rings is 1. The summed E-state index contributed by atoms with van der Waals surface area (Å²) in [5.74, 6) is -0.862. The van der Waals surface area contributed by atoms with Gasteiger partial charge in [0.2, 0.25) is 0 Å². The molecule has 0 aliphatic carbocycles.